The van der Waals surface area contributed by atoms with Crippen molar-refractivity contribution in [3.63, 3.8) is 0 Å². The maximum absolute atomic E-state index is 11.6. The highest BCUT2D eigenvalue weighted by atomic mass is 16.2. The number of carbonyl (C=O) groups excluding carboxylic acids is 1. The van der Waals surface area contributed by atoms with Crippen molar-refractivity contribution < 1.29 is 4.79 Å². The second kappa shape index (κ2) is 3.92. The number of carbonyl (C=O) groups is 1. The molecule has 2 unspecified atom stereocenters. The van der Waals surface area contributed by atoms with Crippen LogP contribution in [0.1, 0.15) is 47.5 Å². The van der Waals surface area contributed by atoms with E-state index < -0.39 is 0 Å². The van der Waals surface area contributed by atoms with Crippen LogP contribution in [0, 0.1) is 11.3 Å². The fourth-order valence-electron chi connectivity index (χ4n) is 2.21. The Hall–Kier alpha value is -0.530. The summed E-state index contributed by atoms with van der Waals surface area (Å²) in [7, 11) is 0. The van der Waals surface area contributed by atoms with Gasteiger partial charge in [-0.2, -0.15) is 0 Å². The molecule has 2 atom stereocenters. The van der Waals surface area contributed by atoms with E-state index in [1.54, 1.807) is 0 Å². The minimum Gasteiger partial charge on any atom is -0.340 e. The number of likely N-dealkylation sites (tertiary alicyclic amines) is 1. The zero-order valence-corrected chi connectivity index (χ0v) is 10.1. The Bertz CT molecular complexity index is 217. The molecule has 0 saturated carbocycles. The highest BCUT2D eigenvalue weighted by Crippen LogP contribution is 2.36. The van der Waals surface area contributed by atoms with E-state index in [9.17, 15) is 4.79 Å². The summed E-state index contributed by atoms with van der Waals surface area (Å²) >= 11 is 0. The molecule has 0 aliphatic carbocycles. The number of amides is 1. The Labute approximate surface area is 87.7 Å². The van der Waals surface area contributed by atoms with Crippen LogP contribution in [0.3, 0.4) is 0 Å². The monoisotopic (exact) mass is 197 g/mol. The van der Waals surface area contributed by atoms with Gasteiger partial charge in [0.15, 0.2) is 0 Å². The van der Waals surface area contributed by atoms with Crippen molar-refractivity contribution in [2.45, 2.75) is 53.5 Å². The molecule has 1 amide bonds. The van der Waals surface area contributed by atoms with Crippen LogP contribution in [0.2, 0.25) is 0 Å². The standard InChI is InChI=1S/C12H23NO/c1-6-11(14)13-8-10(7-9(13)2)12(3,4)5/h9-10H,6-8H2,1-5H3. The molecular weight excluding hydrogens is 174 g/mol. The molecule has 0 aromatic carbocycles. The van der Waals surface area contributed by atoms with Gasteiger partial charge in [-0.15, -0.1) is 0 Å². The van der Waals surface area contributed by atoms with Crippen molar-refractivity contribution in [1.82, 2.24) is 4.90 Å². The van der Waals surface area contributed by atoms with Crippen LogP contribution >= 0.6 is 0 Å². The zero-order valence-electron chi connectivity index (χ0n) is 10.1. The topological polar surface area (TPSA) is 20.3 Å². The summed E-state index contributed by atoms with van der Waals surface area (Å²) < 4.78 is 0. The molecule has 1 rings (SSSR count). The van der Waals surface area contributed by atoms with Gasteiger partial charge in [0.1, 0.15) is 0 Å². The van der Waals surface area contributed by atoms with Crippen molar-refractivity contribution in [3.05, 3.63) is 0 Å². The summed E-state index contributed by atoms with van der Waals surface area (Å²) in [5.41, 5.74) is 0.330. The van der Waals surface area contributed by atoms with E-state index in [-0.39, 0.29) is 0 Å². The smallest absolute Gasteiger partial charge is 0.222 e. The van der Waals surface area contributed by atoms with Crippen LogP contribution in [0.25, 0.3) is 0 Å². The Morgan fingerprint density at radius 3 is 2.36 bits per heavy atom. The van der Waals surface area contributed by atoms with E-state index in [0.717, 1.165) is 13.0 Å². The summed E-state index contributed by atoms with van der Waals surface area (Å²) in [6, 6.07) is 0.437. The molecule has 14 heavy (non-hydrogen) atoms. The lowest BCUT2D eigenvalue weighted by Gasteiger charge is -2.26. The van der Waals surface area contributed by atoms with Crippen molar-refractivity contribution in [3.8, 4) is 0 Å². The summed E-state index contributed by atoms with van der Waals surface area (Å²) in [5, 5.41) is 0. The van der Waals surface area contributed by atoms with Crippen LogP contribution in [-0.2, 0) is 4.79 Å². The first kappa shape index (κ1) is 11.5. The third-order valence-electron chi connectivity index (χ3n) is 3.42. The Balaban J connectivity index is 2.65. The van der Waals surface area contributed by atoms with E-state index in [2.05, 4.69) is 32.6 Å². The van der Waals surface area contributed by atoms with Crippen molar-refractivity contribution >= 4 is 5.91 Å². The molecular formula is C12H23NO. The molecule has 1 aliphatic heterocycles. The van der Waals surface area contributed by atoms with E-state index in [1.807, 2.05) is 6.92 Å². The van der Waals surface area contributed by atoms with Crippen molar-refractivity contribution in [2.75, 3.05) is 6.54 Å². The van der Waals surface area contributed by atoms with Gasteiger partial charge in [-0.05, 0) is 24.7 Å². The third-order valence-corrected chi connectivity index (χ3v) is 3.42. The molecule has 0 N–H and O–H groups in total. The Kier molecular flexibility index (Phi) is 3.23. The van der Waals surface area contributed by atoms with Gasteiger partial charge in [-0.1, -0.05) is 27.7 Å². The lowest BCUT2D eigenvalue weighted by Crippen LogP contribution is -2.34. The molecule has 2 nitrogen and oxygen atoms in total. The number of nitrogens with zero attached hydrogens (tertiary/aromatic N) is 1. The van der Waals surface area contributed by atoms with E-state index in [0.29, 0.717) is 29.7 Å². The fraction of sp³-hybridized carbons (Fsp3) is 0.917. The number of rotatable bonds is 1. The highest BCUT2D eigenvalue weighted by molar-refractivity contribution is 5.76. The molecule has 0 bridgehead atoms. The third kappa shape index (κ3) is 2.28. The molecule has 1 aliphatic rings. The summed E-state index contributed by atoms with van der Waals surface area (Å²) in [5.74, 6) is 0.970. The first-order chi connectivity index (χ1) is 6.36. The van der Waals surface area contributed by atoms with Gasteiger partial charge >= 0.3 is 0 Å². The van der Waals surface area contributed by atoms with Gasteiger partial charge < -0.3 is 4.90 Å². The Morgan fingerprint density at radius 2 is 2.00 bits per heavy atom. The molecule has 82 valence electrons. The predicted molar refractivity (Wildman–Crippen MR) is 59.0 cm³/mol. The molecule has 0 spiro atoms. The van der Waals surface area contributed by atoms with E-state index in [4.69, 9.17) is 0 Å². The maximum Gasteiger partial charge on any atom is 0.222 e. The van der Waals surface area contributed by atoms with Gasteiger partial charge in [0.25, 0.3) is 0 Å². The fourth-order valence-corrected chi connectivity index (χ4v) is 2.21. The van der Waals surface area contributed by atoms with Crippen LogP contribution in [-0.4, -0.2) is 23.4 Å². The molecule has 1 fully saturated rings. The molecule has 0 radical (unpaired) electrons. The minimum absolute atomic E-state index is 0.309. The van der Waals surface area contributed by atoms with Gasteiger partial charge in [0.2, 0.25) is 5.91 Å². The second-order valence-electron chi connectivity index (χ2n) is 5.55. The number of hydrogen-bond acceptors (Lipinski definition) is 1. The minimum atomic E-state index is 0.309. The molecule has 2 heteroatoms. The Morgan fingerprint density at radius 1 is 1.43 bits per heavy atom. The lowest BCUT2D eigenvalue weighted by atomic mass is 9.79. The van der Waals surface area contributed by atoms with E-state index in [1.165, 1.54) is 0 Å². The molecule has 0 aromatic rings. The second-order valence-corrected chi connectivity index (χ2v) is 5.55. The summed E-state index contributed by atoms with van der Waals surface area (Å²) in [6.07, 6.45) is 1.80. The zero-order chi connectivity index (χ0) is 10.9. The van der Waals surface area contributed by atoms with Gasteiger partial charge in [0.05, 0.1) is 0 Å². The highest BCUT2D eigenvalue weighted by Gasteiger charge is 2.37. The molecule has 1 saturated heterocycles. The maximum atomic E-state index is 11.6. The average molecular weight is 197 g/mol. The van der Waals surface area contributed by atoms with Crippen molar-refractivity contribution in [2.24, 2.45) is 11.3 Å². The first-order valence-corrected chi connectivity index (χ1v) is 5.65. The predicted octanol–water partition coefficient (Wildman–Crippen LogP) is 2.68. The average Bonchev–Trinajstić information content (AvgIpc) is 2.45. The first-order valence-electron chi connectivity index (χ1n) is 5.65. The quantitative estimate of drug-likeness (QED) is 0.633. The largest absolute Gasteiger partial charge is 0.340 e. The van der Waals surface area contributed by atoms with Gasteiger partial charge in [-0.3, -0.25) is 4.79 Å². The molecule has 0 aromatic heterocycles. The SMILES string of the molecule is CCC(=O)N1CC(C(C)(C)C)CC1C. The van der Waals surface area contributed by atoms with Crippen LogP contribution in [0.4, 0.5) is 0 Å². The summed E-state index contributed by atoms with van der Waals surface area (Å²) in [4.78, 5) is 13.7. The van der Waals surface area contributed by atoms with Crippen LogP contribution in [0.5, 0.6) is 0 Å². The number of hydrogen-bond donors (Lipinski definition) is 0. The van der Waals surface area contributed by atoms with Gasteiger partial charge in [-0.25, -0.2) is 0 Å². The van der Waals surface area contributed by atoms with Crippen molar-refractivity contribution in [1.29, 1.82) is 0 Å². The summed E-state index contributed by atoms with van der Waals surface area (Å²) in [6.45, 7) is 11.9. The van der Waals surface area contributed by atoms with Gasteiger partial charge in [0, 0.05) is 19.0 Å². The molecule has 1 heterocycles. The lowest BCUT2D eigenvalue weighted by molar-refractivity contribution is -0.131. The van der Waals surface area contributed by atoms with E-state index >= 15 is 0 Å². The normalized spacial score (nSPS) is 28.2. The van der Waals surface area contributed by atoms with Crippen LogP contribution < -0.4 is 0 Å². The van der Waals surface area contributed by atoms with Crippen LogP contribution in [0.15, 0.2) is 0 Å².